The molecule has 5 heteroatoms. The summed E-state index contributed by atoms with van der Waals surface area (Å²) < 4.78 is 0. The molecular formula is C26H28Cl2O3. The molecule has 0 aromatic heterocycles. The molecule has 0 spiro atoms. The summed E-state index contributed by atoms with van der Waals surface area (Å²) in [5, 5.41) is 33.1. The van der Waals surface area contributed by atoms with E-state index < -0.39 is 0 Å². The Labute approximate surface area is 193 Å². The van der Waals surface area contributed by atoms with Crippen molar-refractivity contribution in [3.05, 3.63) is 64.2 Å². The van der Waals surface area contributed by atoms with Gasteiger partial charge < -0.3 is 15.3 Å². The number of halogens is 2. The maximum Gasteiger partial charge on any atom is 0.131 e. The SMILES string of the molecule is Cc1cc(CCl)c(O)c(-c2cc(C(C)(C)C)cc(-c3cc(C)cc(CCl)c3O)c2O)c1. The number of aromatic hydroxyl groups is 3. The molecule has 0 unspecified atom stereocenters. The maximum absolute atomic E-state index is 11.4. The van der Waals surface area contributed by atoms with E-state index in [2.05, 4.69) is 20.8 Å². The maximum atomic E-state index is 11.4. The first-order chi connectivity index (χ1) is 14.5. The number of aryl methyl sites for hydroxylation is 2. The van der Waals surface area contributed by atoms with Gasteiger partial charge in [0.1, 0.15) is 17.2 Å². The second kappa shape index (κ2) is 8.64. The van der Waals surface area contributed by atoms with Crippen LogP contribution in [0.15, 0.2) is 36.4 Å². The second-order valence-electron chi connectivity index (χ2n) is 9.08. The highest BCUT2D eigenvalue weighted by atomic mass is 35.5. The van der Waals surface area contributed by atoms with Crippen molar-refractivity contribution in [3.8, 4) is 39.5 Å². The van der Waals surface area contributed by atoms with E-state index in [0.717, 1.165) is 16.7 Å². The Balaban J connectivity index is 2.43. The first kappa shape index (κ1) is 23.3. The number of alkyl halides is 2. The summed E-state index contributed by atoms with van der Waals surface area (Å²) in [6, 6.07) is 11.1. The van der Waals surface area contributed by atoms with E-state index in [4.69, 9.17) is 23.2 Å². The average molecular weight is 459 g/mol. The molecule has 0 aliphatic heterocycles. The number of hydrogen-bond acceptors (Lipinski definition) is 3. The minimum absolute atomic E-state index is 0.0177. The van der Waals surface area contributed by atoms with Crippen molar-refractivity contribution >= 4 is 23.2 Å². The van der Waals surface area contributed by atoms with E-state index in [0.29, 0.717) is 33.4 Å². The summed E-state index contributed by atoms with van der Waals surface area (Å²) in [5.41, 5.74) is 5.75. The summed E-state index contributed by atoms with van der Waals surface area (Å²) in [4.78, 5) is 0. The Morgan fingerprint density at radius 3 is 1.29 bits per heavy atom. The third kappa shape index (κ3) is 4.49. The molecule has 0 saturated carbocycles. The molecule has 31 heavy (non-hydrogen) atoms. The lowest BCUT2D eigenvalue weighted by atomic mass is 9.82. The summed E-state index contributed by atoms with van der Waals surface area (Å²) >= 11 is 12.1. The second-order valence-corrected chi connectivity index (χ2v) is 9.61. The molecule has 0 radical (unpaired) electrons. The van der Waals surface area contributed by atoms with Gasteiger partial charge in [0.15, 0.2) is 0 Å². The molecule has 0 amide bonds. The lowest BCUT2D eigenvalue weighted by Crippen LogP contribution is -2.11. The van der Waals surface area contributed by atoms with Crippen LogP contribution in [0.1, 0.15) is 48.6 Å². The molecule has 164 valence electrons. The van der Waals surface area contributed by atoms with Gasteiger partial charge in [-0.15, -0.1) is 23.2 Å². The average Bonchev–Trinajstić information content (AvgIpc) is 2.70. The number of phenolic OH excluding ortho intramolecular Hbond substituents is 3. The zero-order valence-corrected chi connectivity index (χ0v) is 20.0. The quantitative estimate of drug-likeness (QED) is 0.354. The number of rotatable bonds is 4. The molecule has 0 saturated heterocycles. The van der Waals surface area contributed by atoms with Crippen molar-refractivity contribution < 1.29 is 15.3 Å². The molecule has 3 N–H and O–H groups in total. The molecule has 3 rings (SSSR count). The summed E-state index contributed by atoms with van der Waals surface area (Å²) in [5.74, 6) is 0.386. The third-order valence-electron chi connectivity index (χ3n) is 5.51. The van der Waals surface area contributed by atoms with E-state index in [1.807, 2.05) is 50.2 Å². The first-order valence-electron chi connectivity index (χ1n) is 10.1. The van der Waals surface area contributed by atoms with Gasteiger partial charge in [-0.3, -0.25) is 0 Å². The van der Waals surface area contributed by atoms with Crippen molar-refractivity contribution in [1.82, 2.24) is 0 Å². The zero-order chi connectivity index (χ0) is 23.1. The highest BCUT2D eigenvalue weighted by Crippen LogP contribution is 2.48. The Hall–Kier alpha value is -2.36. The van der Waals surface area contributed by atoms with Crippen LogP contribution in [0.2, 0.25) is 0 Å². The van der Waals surface area contributed by atoms with E-state index >= 15 is 0 Å². The van der Waals surface area contributed by atoms with E-state index in [9.17, 15) is 15.3 Å². The predicted molar refractivity (Wildman–Crippen MR) is 130 cm³/mol. The molecule has 0 aliphatic carbocycles. The van der Waals surface area contributed by atoms with E-state index in [1.165, 1.54) is 0 Å². The van der Waals surface area contributed by atoms with Gasteiger partial charge in [-0.05, 0) is 60.2 Å². The lowest BCUT2D eigenvalue weighted by Gasteiger charge is -2.24. The Bertz CT molecular complexity index is 1060. The molecule has 0 fully saturated rings. The Kier molecular flexibility index (Phi) is 6.50. The van der Waals surface area contributed by atoms with Crippen molar-refractivity contribution in [2.45, 2.75) is 51.8 Å². The van der Waals surface area contributed by atoms with Crippen molar-refractivity contribution in [2.75, 3.05) is 0 Å². The van der Waals surface area contributed by atoms with Crippen LogP contribution in [0.5, 0.6) is 17.2 Å². The van der Waals surface area contributed by atoms with Gasteiger partial charge in [-0.25, -0.2) is 0 Å². The van der Waals surface area contributed by atoms with Crippen molar-refractivity contribution in [2.24, 2.45) is 0 Å². The zero-order valence-electron chi connectivity index (χ0n) is 18.5. The van der Waals surface area contributed by atoms with Crippen LogP contribution in [0.3, 0.4) is 0 Å². The number of phenols is 3. The molecule has 0 atom stereocenters. The van der Waals surface area contributed by atoms with Gasteiger partial charge in [0.25, 0.3) is 0 Å². The van der Waals surface area contributed by atoms with E-state index in [1.54, 1.807) is 0 Å². The van der Waals surface area contributed by atoms with Crippen LogP contribution in [0.4, 0.5) is 0 Å². The summed E-state index contributed by atoms with van der Waals surface area (Å²) in [6.45, 7) is 10.1. The lowest BCUT2D eigenvalue weighted by molar-refractivity contribution is 0.463. The minimum atomic E-state index is -0.235. The highest BCUT2D eigenvalue weighted by molar-refractivity contribution is 6.17. The monoisotopic (exact) mass is 458 g/mol. The summed E-state index contributed by atoms with van der Waals surface area (Å²) in [7, 11) is 0. The Morgan fingerprint density at radius 2 is 0.968 bits per heavy atom. The van der Waals surface area contributed by atoms with Gasteiger partial charge in [0.2, 0.25) is 0 Å². The van der Waals surface area contributed by atoms with Crippen LogP contribution in [0.25, 0.3) is 22.3 Å². The van der Waals surface area contributed by atoms with Gasteiger partial charge in [-0.2, -0.15) is 0 Å². The molecule has 3 aromatic carbocycles. The molecular weight excluding hydrogens is 431 g/mol. The minimum Gasteiger partial charge on any atom is -0.507 e. The van der Waals surface area contributed by atoms with Crippen LogP contribution >= 0.6 is 23.2 Å². The largest absolute Gasteiger partial charge is 0.507 e. The number of hydrogen-bond donors (Lipinski definition) is 3. The molecule has 3 nitrogen and oxygen atoms in total. The van der Waals surface area contributed by atoms with Crippen molar-refractivity contribution in [1.29, 1.82) is 0 Å². The van der Waals surface area contributed by atoms with Gasteiger partial charge >= 0.3 is 0 Å². The predicted octanol–water partition coefficient (Wildman–Crippen LogP) is 7.53. The van der Waals surface area contributed by atoms with Gasteiger partial charge in [-0.1, -0.05) is 32.9 Å². The van der Waals surface area contributed by atoms with Crippen LogP contribution in [-0.2, 0) is 17.2 Å². The Morgan fingerprint density at radius 1 is 0.613 bits per heavy atom. The first-order valence-corrected chi connectivity index (χ1v) is 11.2. The highest BCUT2D eigenvalue weighted by Gasteiger charge is 2.24. The van der Waals surface area contributed by atoms with E-state index in [-0.39, 0.29) is 34.4 Å². The molecule has 3 aromatic rings. The fourth-order valence-electron chi connectivity index (χ4n) is 3.80. The molecule has 0 heterocycles. The molecule has 0 bridgehead atoms. The normalized spacial score (nSPS) is 11.7. The standard InChI is InChI=1S/C26H28Cl2O3/c1-14-6-16(12-27)23(29)19(8-14)21-10-18(26(3,4)5)11-22(25(21)31)20-9-15(2)7-17(13-28)24(20)30/h6-11,29-31H,12-13H2,1-5H3. The van der Waals surface area contributed by atoms with Crippen molar-refractivity contribution in [3.63, 3.8) is 0 Å². The van der Waals surface area contributed by atoms with Crippen LogP contribution in [-0.4, -0.2) is 15.3 Å². The molecule has 0 aliphatic rings. The fourth-order valence-corrected chi connectivity index (χ4v) is 4.21. The topological polar surface area (TPSA) is 60.7 Å². The van der Waals surface area contributed by atoms with Gasteiger partial charge in [0.05, 0.1) is 11.8 Å². The van der Waals surface area contributed by atoms with Gasteiger partial charge in [0, 0.05) is 33.4 Å². The fraction of sp³-hybridized carbons (Fsp3) is 0.308. The smallest absolute Gasteiger partial charge is 0.131 e. The van der Waals surface area contributed by atoms with Crippen LogP contribution < -0.4 is 0 Å². The third-order valence-corrected chi connectivity index (χ3v) is 6.09. The summed E-state index contributed by atoms with van der Waals surface area (Å²) in [6.07, 6.45) is 0. The van der Waals surface area contributed by atoms with Crippen LogP contribution in [0, 0.1) is 13.8 Å². The number of benzene rings is 3.